The Bertz CT molecular complexity index is 242. The van der Waals surface area contributed by atoms with Gasteiger partial charge in [0, 0.05) is 12.8 Å². The maximum absolute atomic E-state index is 11.8. The zero-order valence-electron chi connectivity index (χ0n) is 14.9. The smallest absolute Gasteiger partial charge is 0.133 e. The molecule has 0 radical (unpaired) electrons. The predicted octanol–water partition coefficient (Wildman–Crippen LogP) is 6.26. The highest BCUT2D eigenvalue weighted by Crippen LogP contribution is 2.21. The highest BCUT2D eigenvalue weighted by Gasteiger charge is 2.11. The number of hydrogen-bond donors (Lipinski definition) is 0. The Hall–Kier alpha value is -0.330. The predicted molar refractivity (Wildman–Crippen MR) is 89.9 cm³/mol. The second-order valence-electron chi connectivity index (χ2n) is 7.81. The van der Waals surface area contributed by atoms with E-state index in [1.54, 1.807) is 0 Å². The Labute approximate surface area is 127 Å². The lowest BCUT2D eigenvalue weighted by molar-refractivity contribution is -0.120. The van der Waals surface area contributed by atoms with Gasteiger partial charge in [-0.2, -0.15) is 0 Å². The largest absolute Gasteiger partial charge is 0.300 e. The van der Waals surface area contributed by atoms with Crippen molar-refractivity contribution in [2.45, 2.75) is 92.9 Å². The molecule has 1 nitrogen and oxygen atoms in total. The van der Waals surface area contributed by atoms with Gasteiger partial charge in [-0.05, 0) is 23.7 Å². The minimum atomic E-state index is 0.456. The van der Waals surface area contributed by atoms with E-state index in [0.717, 1.165) is 24.7 Å². The monoisotopic (exact) mass is 282 g/mol. The Morgan fingerprint density at radius 2 is 1.15 bits per heavy atom. The third-order valence-corrected chi connectivity index (χ3v) is 4.08. The van der Waals surface area contributed by atoms with Gasteiger partial charge < -0.3 is 0 Å². The summed E-state index contributed by atoms with van der Waals surface area (Å²) >= 11 is 0. The van der Waals surface area contributed by atoms with Gasteiger partial charge in [0.25, 0.3) is 0 Å². The van der Waals surface area contributed by atoms with Crippen molar-refractivity contribution >= 4 is 5.78 Å². The van der Waals surface area contributed by atoms with Crippen LogP contribution in [-0.4, -0.2) is 5.78 Å². The van der Waals surface area contributed by atoms with Gasteiger partial charge in [-0.3, -0.25) is 4.79 Å². The van der Waals surface area contributed by atoms with E-state index in [4.69, 9.17) is 0 Å². The molecule has 0 bridgehead atoms. The summed E-state index contributed by atoms with van der Waals surface area (Å²) in [5.41, 5.74) is 0. The first-order valence-electron chi connectivity index (χ1n) is 8.82. The molecule has 0 rings (SSSR count). The van der Waals surface area contributed by atoms with E-state index in [-0.39, 0.29) is 0 Å². The van der Waals surface area contributed by atoms with E-state index in [0.29, 0.717) is 17.6 Å². The van der Waals surface area contributed by atoms with Gasteiger partial charge in [-0.1, -0.05) is 80.1 Å². The summed E-state index contributed by atoms with van der Waals surface area (Å²) in [5, 5.41) is 0. The molecule has 0 aromatic carbocycles. The molecule has 0 spiro atoms. The molecular formula is C19H38O. The molecule has 0 saturated carbocycles. The lowest BCUT2D eigenvalue weighted by Crippen LogP contribution is -2.08. The maximum atomic E-state index is 11.8. The minimum absolute atomic E-state index is 0.456. The summed E-state index contributed by atoms with van der Waals surface area (Å²) < 4.78 is 0. The van der Waals surface area contributed by atoms with Gasteiger partial charge in [0.05, 0.1) is 0 Å². The summed E-state index contributed by atoms with van der Waals surface area (Å²) in [5.74, 6) is 3.23. The molecule has 2 atom stereocenters. The summed E-state index contributed by atoms with van der Waals surface area (Å²) in [6.45, 7) is 13.5. The van der Waals surface area contributed by atoms with E-state index < -0.39 is 0 Å². The van der Waals surface area contributed by atoms with Crippen molar-refractivity contribution in [3.63, 3.8) is 0 Å². The lowest BCUT2D eigenvalue weighted by Gasteiger charge is -2.15. The van der Waals surface area contributed by atoms with Crippen molar-refractivity contribution in [2.24, 2.45) is 23.7 Å². The topological polar surface area (TPSA) is 17.1 Å². The number of Topliss-reactive ketones (excluding diaryl/α,β-unsaturated/α-hetero) is 1. The van der Waals surface area contributed by atoms with Gasteiger partial charge in [-0.25, -0.2) is 0 Å². The van der Waals surface area contributed by atoms with E-state index in [1.165, 1.54) is 38.5 Å². The number of carbonyl (C=O) groups excluding carboxylic acids is 1. The molecule has 0 aliphatic heterocycles. The van der Waals surface area contributed by atoms with Crippen LogP contribution in [0, 0.1) is 23.7 Å². The van der Waals surface area contributed by atoms with Crippen molar-refractivity contribution < 1.29 is 4.79 Å². The molecule has 20 heavy (non-hydrogen) atoms. The molecule has 0 heterocycles. The first kappa shape index (κ1) is 19.7. The summed E-state index contributed by atoms with van der Waals surface area (Å²) in [6, 6.07) is 0. The van der Waals surface area contributed by atoms with Crippen LogP contribution in [0.25, 0.3) is 0 Å². The number of ketones is 1. The van der Waals surface area contributed by atoms with Gasteiger partial charge >= 0.3 is 0 Å². The second kappa shape index (κ2) is 11.3. The molecule has 0 aromatic heterocycles. The normalized spacial score (nSPS) is 14.8. The summed E-state index contributed by atoms with van der Waals surface area (Å²) in [4.78, 5) is 11.8. The molecule has 1 heteroatoms. The SMILES string of the molecule is CC(C)CCCC(C)CCCC(C)CC(=O)CC(C)C. The second-order valence-corrected chi connectivity index (χ2v) is 7.81. The van der Waals surface area contributed by atoms with E-state index in [9.17, 15) is 4.79 Å². The van der Waals surface area contributed by atoms with Gasteiger partial charge in [-0.15, -0.1) is 0 Å². The van der Waals surface area contributed by atoms with Crippen LogP contribution in [0.5, 0.6) is 0 Å². The molecule has 0 aromatic rings. The quantitative estimate of drug-likeness (QED) is 0.413. The lowest BCUT2D eigenvalue weighted by atomic mass is 9.91. The van der Waals surface area contributed by atoms with Crippen LogP contribution < -0.4 is 0 Å². The zero-order chi connectivity index (χ0) is 15.5. The standard InChI is InChI=1S/C19H38O/c1-15(2)9-7-10-17(5)11-8-12-18(6)14-19(20)13-16(3)4/h15-18H,7-14H2,1-6H3. The average Bonchev–Trinajstić information content (AvgIpc) is 2.26. The first-order chi connectivity index (χ1) is 9.31. The van der Waals surface area contributed by atoms with Gasteiger partial charge in [0.2, 0.25) is 0 Å². The van der Waals surface area contributed by atoms with Crippen LogP contribution in [0.15, 0.2) is 0 Å². The summed E-state index contributed by atoms with van der Waals surface area (Å²) in [6.07, 6.45) is 9.51. The van der Waals surface area contributed by atoms with Crippen molar-refractivity contribution in [1.29, 1.82) is 0 Å². The fourth-order valence-electron chi connectivity index (χ4n) is 2.86. The molecule has 0 aliphatic rings. The fraction of sp³-hybridized carbons (Fsp3) is 0.947. The van der Waals surface area contributed by atoms with Gasteiger partial charge in [0.15, 0.2) is 0 Å². The third-order valence-electron chi connectivity index (χ3n) is 4.08. The molecule has 0 N–H and O–H groups in total. The van der Waals surface area contributed by atoms with E-state index in [1.807, 2.05) is 0 Å². The average molecular weight is 283 g/mol. The van der Waals surface area contributed by atoms with E-state index in [2.05, 4.69) is 41.5 Å². The van der Waals surface area contributed by atoms with Crippen LogP contribution in [0.1, 0.15) is 92.9 Å². The van der Waals surface area contributed by atoms with Crippen LogP contribution in [-0.2, 0) is 4.79 Å². The molecule has 0 saturated heterocycles. The molecule has 0 amide bonds. The summed E-state index contributed by atoms with van der Waals surface area (Å²) in [7, 11) is 0. The van der Waals surface area contributed by atoms with Crippen molar-refractivity contribution in [2.75, 3.05) is 0 Å². The molecule has 2 unspecified atom stereocenters. The first-order valence-corrected chi connectivity index (χ1v) is 8.82. The maximum Gasteiger partial charge on any atom is 0.133 e. The number of hydrogen-bond acceptors (Lipinski definition) is 1. The van der Waals surface area contributed by atoms with Crippen LogP contribution in [0.3, 0.4) is 0 Å². The minimum Gasteiger partial charge on any atom is -0.300 e. The van der Waals surface area contributed by atoms with Crippen molar-refractivity contribution in [1.82, 2.24) is 0 Å². The Morgan fingerprint density at radius 3 is 1.65 bits per heavy atom. The van der Waals surface area contributed by atoms with Crippen molar-refractivity contribution in [3.8, 4) is 0 Å². The molecular weight excluding hydrogens is 244 g/mol. The van der Waals surface area contributed by atoms with Crippen molar-refractivity contribution in [3.05, 3.63) is 0 Å². The number of carbonyl (C=O) groups is 1. The van der Waals surface area contributed by atoms with E-state index >= 15 is 0 Å². The fourth-order valence-corrected chi connectivity index (χ4v) is 2.86. The Kier molecular flexibility index (Phi) is 11.2. The zero-order valence-corrected chi connectivity index (χ0v) is 14.9. The highest BCUT2D eigenvalue weighted by molar-refractivity contribution is 5.78. The van der Waals surface area contributed by atoms with Crippen LogP contribution >= 0.6 is 0 Å². The molecule has 120 valence electrons. The van der Waals surface area contributed by atoms with Crippen LogP contribution in [0.2, 0.25) is 0 Å². The number of rotatable bonds is 12. The molecule has 0 fully saturated rings. The highest BCUT2D eigenvalue weighted by atomic mass is 16.1. The Balaban J connectivity index is 3.59. The van der Waals surface area contributed by atoms with Crippen LogP contribution in [0.4, 0.5) is 0 Å². The Morgan fingerprint density at radius 1 is 0.650 bits per heavy atom. The molecule has 0 aliphatic carbocycles. The third kappa shape index (κ3) is 12.7. The van der Waals surface area contributed by atoms with Gasteiger partial charge in [0.1, 0.15) is 5.78 Å².